The Labute approximate surface area is 173 Å². The van der Waals surface area contributed by atoms with E-state index < -0.39 is 18.0 Å². The summed E-state index contributed by atoms with van der Waals surface area (Å²) in [6.45, 7) is 6.44. The Balaban J connectivity index is 4.56. The highest BCUT2D eigenvalue weighted by molar-refractivity contribution is 5.72. The zero-order valence-corrected chi connectivity index (χ0v) is 18.8. The lowest BCUT2D eigenvalue weighted by Crippen LogP contribution is -2.41. The summed E-state index contributed by atoms with van der Waals surface area (Å²) >= 11 is 0. The Morgan fingerprint density at radius 2 is 1.14 bits per heavy atom. The van der Waals surface area contributed by atoms with Crippen LogP contribution >= 0.6 is 0 Å². The predicted octanol–water partition coefficient (Wildman–Crippen LogP) is 5.96. The maximum absolute atomic E-state index is 12.2. The number of carboxylic acids is 1. The Kier molecular flexibility index (Phi) is 18.5. The van der Waals surface area contributed by atoms with Gasteiger partial charge in [0.05, 0.1) is 0 Å². The topological polar surface area (TPSA) is 66.4 Å². The lowest BCUT2D eigenvalue weighted by atomic mass is 9.91. The van der Waals surface area contributed by atoms with Gasteiger partial charge >= 0.3 is 5.97 Å². The zero-order valence-electron chi connectivity index (χ0n) is 18.8. The van der Waals surface area contributed by atoms with Gasteiger partial charge in [0.2, 0.25) is 0 Å². The van der Waals surface area contributed by atoms with E-state index in [1.54, 1.807) is 0 Å². The van der Waals surface area contributed by atoms with Crippen LogP contribution < -0.4 is 5.11 Å². The van der Waals surface area contributed by atoms with Gasteiger partial charge in [0, 0.05) is 18.3 Å². The molecular formula is C24H45O4-. The van der Waals surface area contributed by atoms with E-state index >= 15 is 0 Å². The van der Waals surface area contributed by atoms with Gasteiger partial charge in [-0.15, -0.1) is 0 Å². The number of carbonyl (C=O) groups excluding carboxylic acids is 2. The number of ether oxygens (including phenoxy) is 1. The van der Waals surface area contributed by atoms with Crippen molar-refractivity contribution >= 4 is 11.9 Å². The first-order valence-corrected chi connectivity index (χ1v) is 12.0. The quantitative estimate of drug-likeness (QED) is 0.188. The van der Waals surface area contributed by atoms with Gasteiger partial charge in [-0.25, -0.2) is 0 Å². The molecule has 0 aromatic carbocycles. The molecule has 0 aliphatic heterocycles. The standard InChI is InChI=1S/C24H46O4/c1-4-7-10-12-13-14-16-19-22(21(24(26)27)18-15-9-6-3)28-23(25)20-17-11-8-5-2/h21-22H,4-20H2,1-3H3,(H,26,27)/p-1. The molecule has 166 valence electrons. The van der Waals surface area contributed by atoms with Crippen molar-refractivity contribution in [3.63, 3.8) is 0 Å². The number of unbranched alkanes of at least 4 members (excludes halogenated alkanes) is 11. The fourth-order valence-corrected chi connectivity index (χ4v) is 3.64. The third-order valence-electron chi connectivity index (χ3n) is 5.48. The molecular weight excluding hydrogens is 352 g/mol. The monoisotopic (exact) mass is 397 g/mol. The molecule has 4 heteroatoms. The van der Waals surface area contributed by atoms with Crippen molar-refractivity contribution in [3.8, 4) is 0 Å². The van der Waals surface area contributed by atoms with E-state index in [9.17, 15) is 14.7 Å². The number of hydrogen-bond acceptors (Lipinski definition) is 4. The molecule has 0 fully saturated rings. The second kappa shape index (κ2) is 19.3. The van der Waals surface area contributed by atoms with Gasteiger partial charge in [0.1, 0.15) is 6.10 Å². The van der Waals surface area contributed by atoms with E-state index in [0.29, 0.717) is 19.3 Å². The van der Waals surface area contributed by atoms with Crippen LogP contribution in [0.1, 0.15) is 130 Å². The van der Waals surface area contributed by atoms with Crippen LogP contribution in [-0.4, -0.2) is 18.0 Å². The number of carboxylic acid groups (broad SMARTS) is 1. The van der Waals surface area contributed by atoms with Crippen molar-refractivity contribution in [2.24, 2.45) is 5.92 Å². The Morgan fingerprint density at radius 1 is 0.679 bits per heavy atom. The molecule has 0 spiro atoms. The number of carbonyl (C=O) groups is 2. The molecule has 0 aromatic rings. The van der Waals surface area contributed by atoms with Crippen molar-refractivity contribution < 1.29 is 19.4 Å². The highest BCUT2D eigenvalue weighted by Gasteiger charge is 2.25. The summed E-state index contributed by atoms with van der Waals surface area (Å²) in [6, 6.07) is 0. The van der Waals surface area contributed by atoms with Crippen LogP contribution in [0.5, 0.6) is 0 Å². The molecule has 0 radical (unpaired) electrons. The highest BCUT2D eigenvalue weighted by atomic mass is 16.5. The van der Waals surface area contributed by atoms with Crippen molar-refractivity contribution in [2.75, 3.05) is 0 Å². The number of hydrogen-bond donors (Lipinski definition) is 0. The van der Waals surface area contributed by atoms with E-state index in [-0.39, 0.29) is 5.97 Å². The van der Waals surface area contributed by atoms with Crippen molar-refractivity contribution in [1.29, 1.82) is 0 Å². The summed E-state index contributed by atoms with van der Waals surface area (Å²) in [6.07, 6.45) is 16.2. The summed E-state index contributed by atoms with van der Waals surface area (Å²) in [5.74, 6) is -1.99. The molecule has 0 saturated carbocycles. The second-order valence-electron chi connectivity index (χ2n) is 8.17. The maximum Gasteiger partial charge on any atom is 0.306 e. The molecule has 0 bridgehead atoms. The smallest absolute Gasteiger partial charge is 0.306 e. The van der Waals surface area contributed by atoms with Crippen LogP contribution in [-0.2, 0) is 14.3 Å². The third kappa shape index (κ3) is 14.9. The fourth-order valence-electron chi connectivity index (χ4n) is 3.64. The van der Waals surface area contributed by atoms with Crippen molar-refractivity contribution in [2.45, 2.75) is 136 Å². The maximum atomic E-state index is 12.2. The van der Waals surface area contributed by atoms with Crippen LogP contribution in [0.4, 0.5) is 0 Å². The van der Waals surface area contributed by atoms with Gasteiger partial charge in [0.15, 0.2) is 0 Å². The normalized spacial score (nSPS) is 13.2. The van der Waals surface area contributed by atoms with Gasteiger partial charge in [0.25, 0.3) is 0 Å². The lowest BCUT2D eigenvalue weighted by molar-refractivity contribution is -0.314. The first-order valence-electron chi connectivity index (χ1n) is 12.0. The van der Waals surface area contributed by atoms with Crippen LogP contribution in [0.3, 0.4) is 0 Å². The minimum Gasteiger partial charge on any atom is -0.550 e. The van der Waals surface area contributed by atoms with Gasteiger partial charge in [-0.3, -0.25) is 4.79 Å². The van der Waals surface area contributed by atoms with Crippen molar-refractivity contribution in [1.82, 2.24) is 0 Å². The molecule has 2 atom stereocenters. The molecule has 2 unspecified atom stereocenters. The molecule has 0 aliphatic carbocycles. The van der Waals surface area contributed by atoms with Gasteiger partial charge < -0.3 is 14.6 Å². The van der Waals surface area contributed by atoms with Crippen LogP contribution in [0, 0.1) is 5.92 Å². The predicted molar refractivity (Wildman–Crippen MR) is 114 cm³/mol. The minimum absolute atomic E-state index is 0.245. The molecule has 28 heavy (non-hydrogen) atoms. The Morgan fingerprint density at radius 3 is 1.71 bits per heavy atom. The summed E-state index contributed by atoms with van der Waals surface area (Å²) in [5, 5.41) is 11.7. The van der Waals surface area contributed by atoms with Crippen molar-refractivity contribution in [3.05, 3.63) is 0 Å². The van der Waals surface area contributed by atoms with E-state index in [4.69, 9.17) is 4.74 Å². The Bertz CT molecular complexity index is 381. The molecule has 0 saturated heterocycles. The summed E-state index contributed by atoms with van der Waals surface area (Å²) < 4.78 is 5.67. The van der Waals surface area contributed by atoms with E-state index in [1.165, 1.54) is 32.1 Å². The average molecular weight is 398 g/mol. The van der Waals surface area contributed by atoms with E-state index in [1.807, 2.05) is 0 Å². The largest absolute Gasteiger partial charge is 0.550 e. The van der Waals surface area contributed by atoms with Gasteiger partial charge in [-0.1, -0.05) is 97.8 Å². The average Bonchev–Trinajstić information content (AvgIpc) is 2.67. The molecule has 0 amide bonds. The van der Waals surface area contributed by atoms with Crippen LogP contribution in [0.25, 0.3) is 0 Å². The number of aliphatic carboxylic acids is 1. The fraction of sp³-hybridized carbons (Fsp3) is 0.917. The van der Waals surface area contributed by atoms with Gasteiger partial charge in [-0.05, 0) is 25.7 Å². The molecule has 0 aliphatic rings. The summed E-state index contributed by atoms with van der Waals surface area (Å²) in [5.41, 5.74) is 0. The molecule has 0 N–H and O–H groups in total. The molecule has 4 nitrogen and oxygen atoms in total. The summed E-state index contributed by atoms with van der Waals surface area (Å²) in [7, 11) is 0. The van der Waals surface area contributed by atoms with E-state index in [0.717, 1.165) is 57.8 Å². The zero-order chi connectivity index (χ0) is 21.0. The SMILES string of the molecule is CCCCCCCCCC(OC(=O)CCCCCC)C(CCCCC)C(=O)[O-]. The summed E-state index contributed by atoms with van der Waals surface area (Å²) in [4.78, 5) is 24.0. The molecule has 0 aromatic heterocycles. The number of rotatable bonds is 20. The van der Waals surface area contributed by atoms with Crippen LogP contribution in [0.15, 0.2) is 0 Å². The van der Waals surface area contributed by atoms with Crippen LogP contribution in [0.2, 0.25) is 0 Å². The second-order valence-corrected chi connectivity index (χ2v) is 8.17. The lowest BCUT2D eigenvalue weighted by Gasteiger charge is -2.28. The molecule has 0 rings (SSSR count). The minimum atomic E-state index is -1.07. The first-order chi connectivity index (χ1) is 13.6. The number of esters is 1. The molecule has 0 heterocycles. The van der Waals surface area contributed by atoms with Gasteiger partial charge in [-0.2, -0.15) is 0 Å². The Hall–Kier alpha value is -1.06. The first kappa shape index (κ1) is 26.9. The third-order valence-corrected chi connectivity index (χ3v) is 5.48. The highest BCUT2D eigenvalue weighted by Crippen LogP contribution is 2.23. The van der Waals surface area contributed by atoms with E-state index in [2.05, 4.69) is 20.8 Å².